The van der Waals surface area contributed by atoms with Crippen molar-refractivity contribution in [3.63, 3.8) is 0 Å². The number of carbonyl (C=O) groups excluding carboxylic acids is 4. The molecule has 0 rings (SSSR count). The van der Waals surface area contributed by atoms with Crippen LogP contribution < -0.4 is 0 Å². The molecule has 0 saturated heterocycles. The minimum absolute atomic E-state index is 0.0715. The van der Waals surface area contributed by atoms with E-state index in [1.54, 1.807) is 0 Å². The topological polar surface area (TPSA) is 237 Å². The summed E-state index contributed by atoms with van der Waals surface area (Å²) < 4.78 is 68.1. The number of aliphatic hydroxyl groups excluding tert-OH is 1. The molecule has 0 fully saturated rings. The molecule has 0 bridgehead atoms. The molecule has 0 aromatic carbocycles. The minimum atomic E-state index is -4.98. The van der Waals surface area contributed by atoms with Crippen molar-refractivity contribution in [2.24, 2.45) is 0 Å². The first-order valence-electron chi connectivity index (χ1n) is 35.5. The Labute approximate surface area is 557 Å². The van der Waals surface area contributed by atoms with Crippen LogP contribution >= 0.6 is 15.6 Å². The van der Waals surface area contributed by atoms with Gasteiger partial charge in [0.05, 0.1) is 26.4 Å². The van der Waals surface area contributed by atoms with Crippen molar-refractivity contribution in [3.05, 3.63) is 97.2 Å². The summed E-state index contributed by atoms with van der Waals surface area (Å²) in [5.41, 5.74) is 0. The summed E-state index contributed by atoms with van der Waals surface area (Å²) in [5.74, 6) is -2.27. The predicted octanol–water partition coefficient (Wildman–Crippen LogP) is 19.7. The van der Waals surface area contributed by atoms with Crippen LogP contribution in [0.25, 0.3) is 0 Å². The molecule has 19 heteroatoms. The van der Waals surface area contributed by atoms with Crippen LogP contribution in [-0.2, 0) is 65.4 Å². The average Bonchev–Trinajstić information content (AvgIpc) is 2.31. The Hall–Kier alpha value is -4.02. The van der Waals surface area contributed by atoms with Crippen molar-refractivity contribution in [1.82, 2.24) is 0 Å². The van der Waals surface area contributed by atoms with Gasteiger partial charge in [0, 0.05) is 25.7 Å². The van der Waals surface area contributed by atoms with Gasteiger partial charge in [0.1, 0.15) is 19.3 Å². The first kappa shape index (κ1) is 88.0. The molecule has 0 aliphatic rings. The number of rotatable bonds is 66. The van der Waals surface area contributed by atoms with Gasteiger partial charge in [-0.1, -0.05) is 228 Å². The van der Waals surface area contributed by atoms with Crippen LogP contribution in [0.2, 0.25) is 0 Å². The third-order valence-corrected chi connectivity index (χ3v) is 16.4. The van der Waals surface area contributed by atoms with E-state index in [4.69, 9.17) is 37.0 Å². The number of esters is 4. The molecule has 5 atom stereocenters. The molecule has 0 amide bonds. The van der Waals surface area contributed by atoms with Crippen LogP contribution in [0.1, 0.15) is 285 Å². The number of aliphatic hydroxyl groups is 1. The molecule has 530 valence electrons. The van der Waals surface area contributed by atoms with Crippen molar-refractivity contribution in [2.45, 2.75) is 303 Å². The maximum atomic E-state index is 13.0. The van der Waals surface area contributed by atoms with Gasteiger partial charge in [0.25, 0.3) is 0 Å². The van der Waals surface area contributed by atoms with Gasteiger partial charge in [-0.05, 0) is 128 Å². The van der Waals surface area contributed by atoms with E-state index in [1.807, 2.05) is 12.2 Å². The highest BCUT2D eigenvalue weighted by molar-refractivity contribution is 7.47. The largest absolute Gasteiger partial charge is 0.472 e. The fourth-order valence-electron chi connectivity index (χ4n) is 9.03. The Kier molecular flexibility index (Phi) is 62.8. The van der Waals surface area contributed by atoms with Gasteiger partial charge in [-0.15, -0.1) is 0 Å². The minimum Gasteiger partial charge on any atom is -0.462 e. The monoisotopic (exact) mass is 1340 g/mol. The average molecular weight is 1340 g/mol. The Bertz CT molecular complexity index is 2130. The van der Waals surface area contributed by atoms with Gasteiger partial charge in [-0.3, -0.25) is 37.3 Å². The standard InChI is InChI=1S/C73H126O17P2/c1-5-9-13-17-21-25-29-31-32-33-34-36-40-42-46-50-54-58-71(76)84-64-69(90-73(78)60-56-52-48-44-38-28-24-20-16-12-8-4)66-88-92(81,82)86-62-67(74)61-85-91(79,80)87-65-68(89-72(77)59-55-51-47-43-37-27-23-19-15-11-7-3)63-83-70(75)57-53-49-45-41-39-35-30-26-22-18-14-10-6-2/h9,13,19-21,23-26,30-32,34,36,42,46,67-69,74H,5-8,10-12,14-18,22,27-29,33,35,37-41,43-45,47-66H2,1-4H3,(H,79,80)(H,81,82)/b13-9-,23-19-,24-20-,25-21-,30-26-,32-31-,36-34-,46-42-. The van der Waals surface area contributed by atoms with Crippen LogP contribution in [0.4, 0.5) is 0 Å². The van der Waals surface area contributed by atoms with E-state index < -0.39 is 97.5 Å². The summed E-state index contributed by atoms with van der Waals surface area (Å²) in [7, 11) is -9.95. The molecule has 0 saturated carbocycles. The first-order chi connectivity index (χ1) is 44.7. The molecule has 3 N–H and O–H groups in total. The second kappa shape index (κ2) is 65.6. The zero-order chi connectivity index (χ0) is 67.5. The van der Waals surface area contributed by atoms with Gasteiger partial charge in [-0.25, -0.2) is 9.13 Å². The zero-order valence-corrected chi connectivity index (χ0v) is 59.2. The quantitative estimate of drug-likeness (QED) is 0.0169. The van der Waals surface area contributed by atoms with E-state index in [1.165, 1.54) is 51.4 Å². The van der Waals surface area contributed by atoms with Crippen LogP contribution in [0, 0.1) is 0 Å². The molecule has 0 spiro atoms. The predicted molar refractivity (Wildman–Crippen MR) is 372 cm³/mol. The smallest absolute Gasteiger partial charge is 0.462 e. The summed E-state index contributed by atoms with van der Waals surface area (Å²) in [6.45, 7) is 4.55. The lowest BCUT2D eigenvalue weighted by molar-refractivity contribution is -0.161. The van der Waals surface area contributed by atoms with E-state index in [2.05, 4.69) is 113 Å². The SMILES string of the molecule is CC/C=C\C/C=C\C/C=C\C/C=C\C/C=C\CCCC(=O)OCC(COP(=O)(O)OCC(O)COP(=O)(O)OCC(COC(=O)CCCCCCC/C=C\CCCCCC)OC(=O)CCCCCCC/C=C\CCCC)OC(=O)CCCCCCC/C=C\CCCC. The number of phosphoric ester groups is 2. The van der Waals surface area contributed by atoms with Crippen LogP contribution in [0.5, 0.6) is 0 Å². The van der Waals surface area contributed by atoms with Gasteiger partial charge < -0.3 is 33.8 Å². The zero-order valence-electron chi connectivity index (χ0n) is 57.4. The molecule has 0 aliphatic carbocycles. The fourth-order valence-corrected chi connectivity index (χ4v) is 10.6. The van der Waals surface area contributed by atoms with Gasteiger partial charge >= 0.3 is 39.5 Å². The van der Waals surface area contributed by atoms with E-state index in [0.717, 1.165) is 148 Å². The second-order valence-corrected chi connectivity index (χ2v) is 26.3. The number of carbonyl (C=O) groups is 4. The summed E-state index contributed by atoms with van der Waals surface area (Å²) in [4.78, 5) is 72.5. The highest BCUT2D eigenvalue weighted by Crippen LogP contribution is 2.45. The van der Waals surface area contributed by atoms with Gasteiger partial charge in [0.15, 0.2) is 12.2 Å². The van der Waals surface area contributed by atoms with Crippen molar-refractivity contribution in [3.8, 4) is 0 Å². The number of allylic oxidation sites excluding steroid dienone is 16. The summed E-state index contributed by atoms with van der Waals surface area (Å²) >= 11 is 0. The molecule has 0 radical (unpaired) electrons. The van der Waals surface area contributed by atoms with Crippen LogP contribution in [-0.4, -0.2) is 96.7 Å². The molecule has 0 aromatic heterocycles. The molecular formula is C73H126O17P2. The molecular weight excluding hydrogens is 1210 g/mol. The summed E-state index contributed by atoms with van der Waals surface area (Å²) in [6, 6.07) is 0. The Morgan fingerprint density at radius 1 is 0.315 bits per heavy atom. The van der Waals surface area contributed by atoms with E-state index in [-0.39, 0.29) is 25.7 Å². The lowest BCUT2D eigenvalue weighted by Gasteiger charge is -2.21. The highest BCUT2D eigenvalue weighted by atomic mass is 31.2. The maximum Gasteiger partial charge on any atom is 0.472 e. The number of hydrogen-bond acceptors (Lipinski definition) is 15. The van der Waals surface area contributed by atoms with E-state index >= 15 is 0 Å². The second-order valence-electron chi connectivity index (χ2n) is 23.4. The van der Waals surface area contributed by atoms with Crippen molar-refractivity contribution < 1.29 is 80.2 Å². The normalized spacial score (nSPS) is 14.6. The third kappa shape index (κ3) is 64.7. The summed E-state index contributed by atoms with van der Waals surface area (Å²) in [5, 5.41) is 10.6. The van der Waals surface area contributed by atoms with Crippen LogP contribution in [0.15, 0.2) is 97.2 Å². The molecule has 0 heterocycles. The number of unbranched alkanes of at least 4 members (excludes halogenated alkanes) is 24. The fraction of sp³-hybridized carbons (Fsp3) is 0.726. The Balaban J connectivity index is 5.35. The van der Waals surface area contributed by atoms with Crippen molar-refractivity contribution in [1.29, 1.82) is 0 Å². The van der Waals surface area contributed by atoms with Gasteiger partial charge in [-0.2, -0.15) is 0 Å². The first-order valence-corrected chi connectivity index (χ1v) is 38.5. The maximum absolute atomic E-state index is 13.0. The Morgan fingerprint density at radius 2 is 0.587 bits per heavy atom. The molecule has 5 unspecified atom stereocenters. The number of hydrogen-bond donors (Lipinski definition) is 3. The van der Waals surface area contributed by atoms with E-state index in [0.29, 0.717) is 32.1 Å². The lowest BCUT2D eigenvalue weighted by Crippen LogP contribution is -2.30. The molecule has 0 aliphatic heterocycles. The molecule has 92 heavy (non-hydrogen) atoms. The van der Waals surface area contributed by atoms with E-state index in [9.17, 15) is 43.2 Å². The van der Waals surface area contributed by atoms with Crippen LogP contribution in [0.3, 0.4) is 0 Å². The molecule has 0 aromatic rings. The summed E-state index contributed by atoms with van der Waals surface area (Å²) in [6.07, 6.45) is 65.8. The number of phosphoric acid groups is 2. The Morgan fingerprint density at radius 3 is 0.957 bits per heavy atom. The third-order valence-electron chi connectivity index (χ3n) is 14.5. The highest BCUT2D eigenvalue weighted by Gasteiger charge is 2.30. The van der Waals surface area contributed by atoms with Crippen molar-refractivity contribution in [2.75, 3.05) is 39.6 Å². The van der Waals surface area contributed by atoms with Gasteiger partial charge in [0.2, 0.25) is 0 Å². The van der Waals surface area contributed by atoms with Crippen molar-refractivity contribution >= 4 is 39.5 Å². The lowest BCUT2D eigenvalue weighted by atomic mass is 10.1. The number of ether oxygens (including phenoxy) is 4. The molecule has 17 nitrogen and oxygen atoms in total.